The Morgan fingerprint density at radius 1 is 0.402 bits per heavy atom. The molecule has 0 radical (unpaired) electrons. The van der Waals surface area contributed by atoms with Gasteiger partial charge in [-0.05, 0) is 98.6 Å². The molecule has 3 heterocycles. The van der Waals surface area contributed by atoms with E-state index in [4.69, 9.17) is 18.9 Å². The zero-order chi connectivity index (χ0) is 69.0. The van der Waals surface area contributed by atoms with Crippen molar-refractivity contribution in [1.29, 1.82) is 0 Å². The quantitative estimate of drug-likeness (QED) is 0.172. The molecule has 8 atom stereocenters. The number of carbonyl (C=O) groups is 10. The number of benzene rings is 2. The highest BCUT2D eigenvalue weighted by Crippen LogP contribution is 2.27. The van der Waals surface area contributed by atoms with Crippen LogP contribution in [0.25, 0.3) is 0 Å². The van der Waals surface area contributed by atoms with Gasteiger partial charge in [0.2, 0.25) is 31.9 Å². The van der Waals surface area contributed by atoms with Crippen molar-refractivity contribution in [3.8, 4) is 0 Å². The molecule has 0 N–H and O–H groups in total. The van der Waals surface area contributed by atoms with E-state index in [1.54, 1.807) is 65.2 Å². The van der Waals surface area contributed by atoms with Gasteiger partial charge in [0, 0.05) is 107 Å². The predicted molar refractivity (Wildman–Crippen MR) is 337 cm³/mol. The summed E-state index contributed by atoms with van der Waals surface area (Å²) in [4.78, 5) is 149. The summed E-state index contributed by atoms with van der Waals surface area (Å²) >= 11 is 0. The molecule has 28 heteroatoms. The minimum absolute atomic E-state index is 0.0300. The van der Waals surface area contributed by atoms with Crippen molar-refractivity contribution >= 4 is 79.4 Å². The Hall–Kier alpha value is -7.04. The van der Waals surface area contributed by atoms with Gasteiger partial charge in [-0.2, -0.15) is 8.61 Å². The number of nitrogens with zero attached hydrogens (tertiary/aromatic N) is 8. The third-order valence-electron chi connectivity index (χ3n) is 16.8. The Kier molecular flexibility index (Phi) is 26.9. The molecule has 0 spiro atoms. The second kappa shape index (κ2) is 32.7. The zero-order valence-corrected chi connectivity index (χ0v) is 57.8. The number of cyclic esters (lactones) is 4. The van der Waals surface area contributed by atoms with E-state index in [2.05, 4.69) is 0 Å². The Morgan fingerprint density at radius 3 is 0.880 bits per heavy atom. The first-order valence-electron chi connectivity index (χ1n) is 31.4. The van der Waals surface area contributed by atoms with Gasteiger partial charge in [-0.25, -0.2) is 36.0 Å². The van der Waals surface area contributed by atoms with E-state index in [9.17, 15) is 55.2 Å². The van der Waals surface area contributed by atoms with Gasteiger partial charge < -0.3 is 48.3 Å². The largest absolute Gasteiger partial charge is 0.451 e. The van der Waals surface area contributed by atoms with Gasteiger partial charge >= 0.3 is 23.9 Å². The monoisotopic (exact) mass is 1330 g/mol. The Morgan fingerprint density at radius 2 is 0.641 bits per heavy atom. The fraction of sp³-hybridized carbons (Fsp3) is 0.656. The van der Waals surface area contributed by atoms with Crippen LogP contribution in [0.1, 0.15) is 120 Å². The molecule has 2 aromatic carbocycles. The Bertz CT molecular complexity index is 2970. The van der Waals surface area contributed by atoms with E-state index in [-0.39, 0.29) is 136 Å². The highest BCUT2D eigenvalue weighted by molar-refractivity contribution is 7.89. The van der Waals surface area contributed by atoms with E-state index in [1.165, 1.54) is 113 Å². The van der Waals surface area contributed by atoms with Crippen molar-refractivity contribution < 1.29 is 83.7 Å². The first kappa shape index (κ1) is 75.7. The van der Waals surface area contributed by atoms with Crippen LogP contribution in [-0.2, 0) is 99.8 Å². The van der Waals surface area contributed by atoms with E-state index >= 15 is 9.59 Å². The molecule has 3 fully saturated rings. The number of amides is 6. The van der Waals surface area contributed by atoms with Crippen molar-refractivity contribution in [1.82, 2.24) is 38.0 Å². The van der Waals surface area contributed by atoms with Crippen LogP contribution in [0, 0.1) is 23.7 Å². The maximum Gasteiger partial charge on any atom is 0.329 e. The van der Waals surface area contributed by atoms with Gasteiger partial charge in [-0.15, -0.1) is 0 Å². The van der Waals surface area contributed by atoms with Crippen molar-refractivity contribution in [3.05, 3.63) is 59.7 Å². The maximum absolute atomic E-state index is 15.1. The number of hydrogen-bond acceptors (Lipinski definition) is 18. The molecule has 26 nitrogen and oxygen atoms in total. The van der Waals surface area contributed by atoms with Crippen LogP contribution >= 0.6 is 0 Å². The highest BCUT2D eigenvalue weighted by atomic mass is 32.2. The molecule has 512 valence electrons. The number of carbonyl (C=O) groups excluding carboxylic acids is 10. The molecule has 0 aliphatic carbocycles. The molecule has 0 aromatic heterocycles. The van der Waals surface area contributed by atoms with Crippen molar-refractivity contribution in [2.75, 3.05) is 80.5 Å². The van der Waals surface area contributed by atoms with E-state index < -0.39 is 116 Å². The fourth-order valence-electron chi connectivity index (χ4n) is 11.3. The molecule has 0 unspecified atom stereocenters. The van der Waals surface area contributed by atoms with Crippen LogP contribution in [0.2, 0.25) is 0 Å². The lowest BCUT2D eigenvalue weighted by atomic mass is 10.00. The molecule has 2 aromatic rings. The lowest BCUT2D eigenvalue weighted by Crippen LogP contribution is -2.55. The summed E-state index contributed by atoms with van der Waals surface area (Å²) in [5, 5.41) is 0. The van der Waals surface area contributed by atoms with E-state index in [0.29, 0.717) is 11.1 Å². The number of rotatable bonds is 16. The predicted octanol–water partition coefficient (Wildman–Crippen LogP) is 3.37. The maximum atomic E-state index is 15.1. The molecule has 0 bridgehead atoms. The minimum atomic E-state index is -4.04. The van der Waals surface area contributed by atoms with Crippen LogP contribution in [-0.4, -0.2) is 243 Å². The van der Waals surface area contributed by atoms with Crippen LogP contribution in [0.15, 0.2) is 58.3 Å². The molecule has 3 aliphatic rings. The number of hydrogen-bond donors (Lipinski definition) is 0. The Labute approximate surface area is 542 Å². The number of likely N-dealkylation sites (N-methyl/N-ethyl adjacent to an activating group) is 4. The van der Waals surface area contributed by atoms with Gasteiger partial charge in [0.25, 0.3) is 23.6 Å². The smallest absolute Gasteiger partial charge is 0.329 e. The molecule has 5 rings (SSSR count). The van der Waals surface area contributed by atoms with Crippen molar-refractivity contribution in [2.24, 2.45) is 23.7 Å². The SMILES string of the molecule is CC(=O)N1CCN(S(=O)(=O)c2ccc(C[C@H]3OC(=O)[C@H](CC(C)C)N(C)C(=O)[C@@H](C)OC(=O)[C@H](CC(C)C)N(C)C(=O)[C@@H](Cc4ccc(S(=O)(=O)N5CCN(C(C)=O)CC5)cc4)OC(=O)[C@H](CC(C)C)N(C)C(=O)[C@@H](C)OC(=O)[C@H](CC(C)C)N(C)C3=O)cc2)CC1. The molecule has 6 amide bonds. The molecular formula is C64H96N8O18S2. The van der Waals surface area contributed by atoms with Crippen molar-refractivity contribution in [2.45, 2.75) is 180 Å². The van der Waals surface area contributed by atoms with Crippen LogP contribution in [0.4, 0.5) is 0 Å². The van der Waals surface area contributed by atoms with Gasteiger partial charge in [-0.1, -0.05) is 79.7 Å². The first-order valence-corrected chi connectivity index (χ1v) is 34.3. The standard InChI is InChI=1S/C64H96N8O18S2/c1-39(2)33-51-61(79)87-43(9)57(75)65(13)54(36-42(7)8)64(82)90-56(38-48-19-23-50(24-20-48)92(85,86)72-31-27-70(28-32-72)46(12)74)60(78)68(16)52(34-40(3)4)62(80)88-44(10)58(76)66(14)53(35-41(5)6)63(81)89-55(59(77)67(51)15)37-47-17-21-49(22-18-47)91(83,84)71-29-25-69(26-30-71)45(11)73/h17-24,39-44,51-56H,25-38H2,1-16H3/t43-,44-,51+,52+,53+,54+,55-,56-/m1/s1. The number of piperazine rings is 2. The normalized spacial score (nSPS) is 24.5. The summed E-state index contributed by atoms with van der Waals surface area (Å²) in [6.07, 6.45) is -7.54. The van der Waals surface area contributed by atoms with Crippen LogP contribution in [0.5, 0.6) is 0 Å². The topological polar surface area (TPSA) is 302 Å². The lowest BCUT2D eigenvalue weighted by Gasteiger charge is -2.35. The average molecular weight is 1330 g/mol. The summed E-state index contributed by atoms with van der Waals surface area (Å²) in [5.74, 6) is -9.23. The van der Waals surface area contributed by atoms with Crippen molar-refractivity contribution in [3.63, 3.8) is 0 Å². The molecule has 0 saturated carbocycles. The average Bonchev–Trinajstić information content (AvgIpc) is 0.845. The third-order valence-corrected chi connectivity index (χ3v) is 20.6. The number of esters is 4. The van der Waals surface area contributed by atoms with E-state index in [1.807, 2.05) is 0 Å². The molecule has 3 saturated heterocycles. The molecular weight excluding hydrogens is 1230 g/mol. The Balaban J connectivity index is 1.58. The summed E-state index contributed by atoms with van der Waals surface area (Å²) < 4.78 is 81.8. The summed E-state index contributed by atoms with van der Waals surface area (Å²) in [7, 11) is -2.89. The fourth-order valence-corrected chi connectivity index (χ4v) is 14.1. The summed E-state index contributed by atoms with van der Waals surface area (Å²) in [6, 6.07) is 5.48. The summed E-state index contributed by atoms with van der Waals surface area (Å²) in [6.45, 7) is 20.7. The van der Waals surface area contributed by atoms with Crippen LogP contribution in [0.3, 0.4) is 0 Å². The third kappa shape index (κ3) is 19.5. The zero-order valence-electron chi connectivity index (χ0n) is 56.2. The first-order chi connectivity index (χ1) is 42.9. The highest BCUT2D eigenvalue weighted by Gasteiger charge is 2.44. The van der Waals surface area contributed by atoms with E-state index in [0.717, 1.165) is 19.6 Å². The minimum Gasteiger partial charge on any atom is -0.451 e. The van der Waals surface area contributed by atoms with Gasteiger partial charge in [0.1, 0.15) is 24.2 Å². The number of sulfonamides is 2. The second-order valence-corrected chi connectivity index (χ2v) is 29.8. The molecule has 92 heavy (non-hydrogen) atoms. The lowest BCUT2D eigenvalue weighted by molar-refractivity contribution is -0.176. The number of ether oxygens (including phenoxy) is 4. The summed E-state index contributed by atoms with van der Waals surface area (Å²) in [5.41, 5.74) is 0.656. The molecule has 3 aliphatic heterocycles. The van der Waals surface area contributed by atoms with Crippen LogP contribution < -0.4 is 0 Å². The second-order valence-electron chi connectivity index (χ2n) is 25.9. The van der Waals surface area contributed by atoms with Gasteiger partial charge in [0.15, 0.2) is 24.4 Å². The van der Waals surface area contributed by atoms with Gasteiger partial charge in [0.05, 0.1) is 9.79 Å². The van der Waals surface area contributed by atoms with Gasteiger partial charge in [-0.3, -0.25) is 28.8 Å².